The van der Waals surface area contributed by atoms with Crippen molar-refractivity contribution >= 4 is 11.3 Å². The minimum absolute atomic E-state index is 0.714. The molecule has 0 bridgehead atoms. The molecule has 16 heavy (non-hydrogen) atoms. The Labute approximate surface area is 102 Å². The van der Waals surface area contributed by atoms with Crippen molar-refractivity contribution in [2.75, 3.05) is 13.1 Å². The first-order valence-corrected chi connectivity index (χ1v) is 7.12. The Morgan fingerprint density at radius 2 is 2.31 bits per heavy atom. The highest BCUT2D eigenvalue weighted by Crippen LogP contribution is 2.25. The lowest BCUT2D eigenvalue weighted by Crippen LogP contribution is -2.10. The molecule has 0 spiro atoms. The van der Waals surface area contributed by atoms with Gasteiger partial charge in [-0.1, -0.05) is 13.8 Å². The van der Waals surface area contributed by atoms with Crippen molar-refractivity contribution in [1.29, 1.82) is 0 Å². The molecule has 1 aliphatic rings. The Morgan fingerprint density at radius 1 is 1.50 bits per heavy atom. The van der Waals surface area contributed by atoms with Crippen LogP contribution in [0.3, 0.4) is 0 Å². The third-order valence-corrected chi connectivity index (χ3v) is 4.36. The van der Waals surface area contributed by atoms with Crippen molar-refractivity contribution in [3.8, 4) is 0 Å². The fourth-order valence-electron chi connectivity index (χ4n) is 2.27. The fourth-order valence-corrected chi connectivity index (χ4v) is 3.66. The summed E-state index contributed by atoms with van der Waals surface area (Å²) in [7, 11) is 0. The van der Waals surface area contributed by atoms with Gasteiger partial charge in [-0.3, -0.25) is 0 Å². The maximum Gasteiger partial charge on any atom is 0.0933 e. The summed E-state index contributed by atoms with van der Waals surface area (Å²) in [6.45, 7) is 9.07. The number of nitrogens with one attached hydrogen (secondary N) is 1. The van der Waals surface area contributed by atoms with E-state index in [4.69, 9.17) is 4.98 Å². The number of thiazole rings is 1. The average molecular weight is 238 g/mol. The van der Waals surface area contributed by atoms with E-state index in [-0.39, 0.29) is 0 Å². The molecule has 1 saturated heterocycles. The average Bonchev–Trinajstić information content (AvgIpc) is 2.77. The van der Waals surface area contributed by atoms with Gasteiger partial charge in [0.05, 0.1) is 10.7 Å². The molecule has 0 aliphatic carbocycles. The number of nitrogens with zero attached hydrogens (tertiary/aromatic N) is 1. The van der Waals surface area contributed by atoms with E-state index in [1.165, 1.54) is 41.5 Å². The van der Waals surface area contributed by atoms with Gasteiger partial charge >= 0.3 is 0 Å². The molecule has 2 nitrogen and oxygen atoms in total. The Hall–Kier alpha value is -0.410. The fraction of sp³-hybridized carbons (Fsp3) is 0.769. The van der Waals surface area contributed by atoms with Gasteiger partial charge in [0.25, 0.3) is 0 Å². The smallest absolute Gasteiger partial charge is 0.0933 e. The Bertz CT molecular complexity index is 338. The Balaban J connectivity index is 2.00. The van der Waals surface area contributed by atoms with Crippen LogP contribution in [0.15, 0.2) is 0 Å². The highest BCUT2D eigenvalue weighted by Gasteiger charge is 2.18. The second-order valence-corrected chi connectivity index (χ2v) is 6.45. The molecular formula is C13H22N2S. The summed E-state index contributed by atoms with van der Waals surface area (Å²) in [5.74, 6) is 1.55. The standard InChI is InChI=1S/C13H22N2S/c1-9(2)6-13-15-10(3)12(16-13)7-11-4-5-14-8-11/h9,11,14H,4-8H2,1-3H3. The zero-order valence-electron chi connectivity index (χ0n) is 10.5. The van der Waals surface area contributed by atoms with Gasteiger partial charge in [-0.25, -0.2) is 4.98 Å². The van der Waals surface area contributed by atoms with Crippen molar-refractivity contribution < 1.29 is 0 Å². The number of hydrogen-bond acceptors (Lipinski definition) is 3. The van der Waals surface area contributed by atoms with E-state index >= 15 is 0 Å². The van der Waals surface area contributed by atoms with Gasteiger partial charge in [-0.15, -0.1) is 11.3 Å². The molecular weight excluding hydrogens is 216 g/mol. The van der Waals surface area contributed by atoms with E-state index in [1.54, 1.807) is 0 Å². The summed E-state index contributed by atoms with van der Waals surface area (Å²) < 4.78 is 0. The van der Waals surface area contributed by atoms with Crippen LogP contribution in [-0.4, -0.2) is 18.1 Å². The molecule has 2 heterocycles. The normalized spacial score (nSPS) is 20.9. The maximum atomic E-state index is 4.69. The second-order valence-electron chi connectivity index (χ2n) is 5.28. The van der Waals surface area contributed by atoms with Crippen LogP contribution >= 0.6 is 11.3 Å². The SMILES string of the molecule is Cc1nc(CC(C)C)sc1CC1CCNC1. The molecule has 3 heteroatoms. The van der Waals surface area contributed by atoms with E-state index < -0.39 is 0 Å². The quantitative estimate of drug-likeness (QED) is 0.872. The Morgan fingerprint density at radius 3 is 2.94 bits per heavy atom. The first-order chi connectivity index (χ1) is 7.65. The zero-order chi connectivity index (χ0) is 11.5. The van der Waals surface area contributed by atoms with Crippen LogP contribution in [0.5, 0.6) is 0 Å². The minimum Gasteiger partial charge on any atom is -0.316 e. The first kappa shape index (κ1) is 12.1. The lowest BCUT2D eigenvalue weighted by molar-refractivity contribution is 0.583. The van der Waals surface area contributed by atoms with Gasteiger partial charge in [0, 0.05) is 11.3 Å². The van der Waals surface area contributed by atoms with Gasteiger partial charge in [0.2, 0.25) is 0 Å². The van der Waals surface area contributed by atoms with Crippen molar-refractivity contribution in [3.05, 3.63) is 15.6 Å². The van der Waals surface area contributed by atoms with Gasteiger partial charge < -0.3 is 5.32 Å². The molecule has 1 aromatic rings. The number of hydrogen-bond donors (Lipinski definition) is 1. The minimum atomic E-state index is 0.714. The summed E-state index contributed by atoms with van der Waals surface area (Å²) in [6, 6.07) is 0. The van der Waals surface area contributed by atoms with Crippen LogP contribution in [-0.2, 0) is 12.8 Å². The molecule has 0 radical (unpaired) electrons. The number of rotatable bonds is 4. The van der Waals surface area contributed by atoms with Crippen LogP contribution < -0.4 is 5.32 Å². The molecule has 1 N–H and O–H groups in total. The Kier molecular flexibility index (Phi) is 3.98. The predicted molar refractivity (Wildman–Crippen MR) is 70.1 cm³/mol. The summed E-state index contributed by atoms with van der Waals surface area (Å²) in [5.41, 5.74) is 1.27. The van der Waals surface area contributed by atoms with Gasteiger partial charge in [-0.05, 0) is 44.7 Å². The summed E-state index contributed by atoms with van der Waals surface area (Å²) in [4.78, 5) is 6.21. The topological polar surface area (TPSA) is 24.9 Å². The zero-order valence-corrected chi connectivity index (χ0v) is 11.4. The molecule has 2 rings (SSSR count). The highest BCUT2D eigenvalue weighted by molar-refractivity contribution is 7.11. The summed E-state index contributed by atoms with van der Waals surface area (Å²) in [5, 5.41) is 4.76. The summed E-state index contributed by atoms with van der Waals surface area (Å²) in [6.07, 6.45) is 3.69. The first-order valence-electron chi connectivity index (χ1n) is 6.31. The third kappa shape index (κ3) is 3.05. The molecule has 1 fully saturated rings. The maximum absolute atomic E-state index is 4.69. The van der Waals surface area contributed by atoms with Crippen molar-refractivity contribution in [2.24, 2.45) is 11.8 Å². The van der Waals surface area contributed by atoms with Crippen LogP contribution in [0.1, 0.15) is 35.8 Å². The number of aromatic nitrogens is 1. The van der Waals surface area contributed by atoms with Crippen molar-refractivity contribution in [1.82, 2.24) is 10.3 Å². The van der Waals surface area contributed by atoms with Crippen LogP contribution in [0.4, 0.5) is 0 Å². The van der Waals surface area contributed by atoms with Crippen LogP contribution in [0.25, 0.3) is 0 Å². The third-order valence-electron chi connectivity index (χ3n) is 3.16. The molecule has 1 unspecified atom stereocenters. The second kappa shape index (κ2) is 5.28. The molecule has 1 atom stereocenters. The lowest BCUT2D eigenvalue weighted by atomic mass is 10.0. The van der Waals surface area contributed by atoms with E-state index in [2.05, 4.69) is 26.1 Å². The number of aryl methyl sites for hydroxylation is 1. The molecule has 0 aromatic carbocycles. The van der Waals surface area contributed by atoms with Crippen LogP contribution in [0.2, 0.25) is 0 Å². The van der Waals surface area contributed by atoms with E-state index in [9.17, 15) is 0 Å². The monoisotopic (exact) mass is 238 g/mol. The van der Waals surface area contributed by atoms with Gasteiger partial charge in [0.15, 0.2) is 0 Å². The largest absolute Gasteiger partial charge is 0.316 e. The molecule has 1 aromatic heterocycles. The predicted octanol–water partition coefficient (Wildman–Crippen LogP) is 2.80. The van der Waals surface area contributed by atoms with Crippen LogP contribution in [0, 0.1) is 18.8 Å². The highest BCUT2D eigenvalue weighted by atomic mass is 32.1. The molecule has 1 aliphatic heterocycles. The van der Waals surface area contributed by atoms with Crippen molar-refractivity contribution in [2.45, 2.75) is 40.0 Å². The van der Waals surface area contributed by atoms with Crippen molar-refractivity contribution in [3.63, 3.8) is 0 Å². The molecule has 0 amide bonds. The van der Waals surface area contributed by atoms with E-state index in [0.717, 1.165) is 12.3 Å². The van der Waals surface area contributed by atoms with E-state index in [1.807, 2.05) is 11.3 Å². The van der Waals surface area contributed by atoms with Gasteiger partial charge in [0.1, 0.15) is 0 Å². The molecule has 0 saturated carbocycles. The lowest BCUT2D eigenvalue weighted by Gasteiger charge is -2.05. The summed E-state index contributed by atoms with van der Waals surface area (Å²) >= 11 is 1.94. The van der Waals surface area contributed by atoms with Gasteiger partial charge in [-0.2, -0.15) is 0 Å². The molecule has 90 valence electrons. The van der Waals surface area contributed by atoms with E-state index in [0.29, 0.717) is 5.92 Å².